The molecule has 1 N–H and O–H groups in total. The van der Waals surface area contributed by atoms with Gasteiger partial charge in [-0.2, -0.15) is 10.1 Å². The third-order valence-corrected chi connectivity index (χ3v) is 3.60. The van der Waals surface area contributed by atoms with Crippen LogP contribution in [-0.4, -0.2) is 28.3 Å². The molecule has 0 spiro atoms. The molecule has 0 aliphatic rings. The van der Waals surface area contributed by atoms with E-state index in [4.69, 9.17) is 11.6 Å². The topological polar surface area (TPSA) is 53.9 Å². The summed E-state index contributed by atoms with van der Waals surface area (Å²) in [5.74, 6) is 1.26. The molecule has 1 aromatic heterocycles. The second-order valence-corrected chi connectivity index (χ2v) is 5.28. The first kappa shape index (κ1) is 15.5. The zero-order chi connectivity index (χ0) is 15.4. The lowest BCUT2D eigenvalue weighted by Gasteiger charge is -2.19. The van der Waals surface area contributed by atoms with Gasteiger partial charge in [0.2, 0.25) is 5.95 Å². The van der Waals surface area contributed by atoms with Gasteiger partial charge >= 0.3 is 0 Å². The fraction of sp³-hybridized carbons (Fsp3) is 0.400. The molecule has 0 fully saturated rings. The number of anilines is 3. The lowest BCUT2D eigenvalue weighted by molar-refractivity contribution is 0.826. The van der Waals surface area contributed by atoms with E-state index in [1.165, 1.54) is 0 Å². The zero-order valence-electron chi connectivity index (χ0n) is 12.8. The molecular weight excluding hydrogens is 286 g/mol. The second-order valence-electron chi connectivity index (χ2n) is 4.87. The maximum Gasteiger partial charge on any atom is 0.249 e. The summed E-state index contributed by atoms with van der Waals surface area (Å²) in [5.41, 5.74) is 3.00. The van der Waals surface area contributed by atoms with Gasteiger partial charge in [0.15, 0.2) is 5.82 Å². The molecule has 0 unspecified atom stereocenters. The van der Waals surface area contributed by atoms with E-state index in [2.05, 4.69) is 45.3 Å². The Labute approximate surface area is 130 Å². The summed E-state index contributed by atoms with van der Waals surface area (Å²) in [6, 6.07) is 3.98. The molecule has 1 heterocycles. The summed E-state index contributed by atoms with van der Waals surface area (Å²) in [5, 5.41) is 11.9. The standard InChI is InChI=1S/C15H20ClN5/c1-5-21(6-2)13-9-17-20-15(18-13)19-14-11(4)7-10(3)8-12(14)16/h7-9H,5-6H2,1-4H3,(H,18,19,20). The Morgan fingerprint density at radius 1 is 1.19 bits per heavy atom. The number of nitrogens with one attached hydrogen (secondary N) is 1. The third kappa shape index (κ3) is 3.61. The Bertz CT molecular complexity index is 602. The number of hydrogen-bond donors (Lipinski definition) is 1. The van der Waals surface area contributed by atoms with Crippen LogP contribution in [0.2, 0.25) is 5.02 Å². The summed E-state index contributed by atoms with van der Waals surface area (Å²) >= 11 is 6.29. The summed E-state index contributed by atoms with van der Waals surface area (Å²) < 4.78 is 0. The van der Waals surface area contributed by atoms with Crippen LogP contribution in [0, 0.1) is 13.8 Å². The number of aryl methyl sites for hydroxylation is 2. The van der Waals surface area contributed by atoms with E-state index in [9.17, 15) is 0 Å². The van der Waals surface area contributed by atoms with Gasteiger partial charge in [0, 0.05) is 13.1 Å². The second kappa shape index (κ2) is 6.72. The van der Waals surface area contributed by atoms with Crippen molar-refractivity contribution in [3.05, 3.63) is 34.5 Å². The minimum Gasteiger partial charge on any atom is -0.356 e. The van der Waals surface area contributed by atoms with Gasteiger partial charge in [0.05, 0.1) is 16.9 Å². The SMILES string of the molecule is CCN(CC)c1cnnc(Nc2c(C)cc(C)cc2Cl)n1. The van der Waals surface area contributed by atoms with E-state index in [-0.39, 0.29) is 0 Å². The van der Waals surface area contributed by atoms with Crippen LogP contribution < -0.4 is 10.2 Å². The number of halogens is 1. The molecule has 112 valence electrons. The van der Waals surface area contributed by atoms with Crippen LogP contribution in [0.15, 0.2) is 18.3 Å². The van der Waals surface area contributed by atoms with E-state index in [1.54, 1.807) is 6.20 Å². The summed E-state index contributed by atoms with van der Waals surface area (Å²) in [6.07, 6.45) is 1.67. The molecule has 2 rings (SSSR count). The van der Waals surface area contributed by atoms with E-state index in [0.29, 0.717) is 11.0 Å². The number of aromatic nitrogens is 3. The highest BCUT2D eigenvalue weighted by atomic mass is 35.5. The van der Waals surface area contributed by atoms with Crippen molar-refractivity contribution in [3.63, 3.8) is 0 Å². The molecule has 0 amide bonds. The van der Waals surface area contributed by atoms with Gasteiger partial charge in [-0.05, 0) is 44.9 Å². The van der Waals surface area contributed by atoms with Crippen LogP contribution in [-0.2, 0) is 0 Å². The fourth-order valence-electron chi connectivity index (χ4n) is 2.23. The Hall–Kier alpha value is -1.88. The van der Waals surface area contributed by atoms with Gasteiger partial charge in [0.25, 0.3) is 0 Å². The zero-order valence-corrected chi connectivity index (χ0v) is 13.6. The molecular formula is C15H20ClN5. The highest BCUT2D eigenvalue weighted by Gasteiger charge is 2.10. The van der Waals surface area contributed by atoms with Gasteiger partial charge in [-0.3, -0.25) is 0 Å². The van der Waals surface area contributed by atoms with E-state index < -0.39 is 0 Å². The van der Waals surface area contributed by atoms with Crippen LogP contribution in [0.25, 0.3) is 0 Å². The fourth-order valence-corrected chi connectivity index (χ4v) is 2.60. The summed E-state index contributed by atoms with van der Waals surface area (Å²) in [7, 11) is 0. The van der Waals surface area contributed by atoms with Gasteiger partial charge < -0.3 is 10.2 Å². The molecule has 0 radical (unpaired) electrons. The number of hydrogen-bond acceptors (Lipinski definition) is 5. The lowest BCUT2D eigenvalue weighted by Crippen LogP contribution is -2.23. The highest BCUT2D eigenvalue weighted by molar-refractivity contribution is 6.33. The number of rotatable bonds is 5. The van der Waals surface area contributed by atoms with Crippen LogP contribution in [0.1, 0.15) is 25.0 Å². The Morgan fingerprint density at radius 3 is 2.52 bits per heavy atom. The van der Waals surface area contributed by atoms with E-state index >= 15 is 0 Å². The van der Waals surface area contributed by atoms with E-state index in [0.717, 1.165) is 35.7 Å². The Kier molecular flexibility index (Phi) is 4.96. The monoisotopic (exact) mass is 305 g/mol. The Morgan fingerprint density at radius 2 is 1.90 bits per heavy atom. The van der Waals surface area contributed by atoms with Crippen LogP contribution in [0.3, 0.4) is 0 Å². The number of nitrogens with zero attached hydrogens (tertiary/aromatic N) is 4. The minimum absolute atomic E-state index is 0.452. The van der Waals surface area contributed by atoms with Crippen molar-refractivity contribution in [2.45, 2.75) is 27.7 Å². The summed E-state index contributed by atoms with van der Waals surface area (Å²) in [6.45, 7) is 9.93. The molecule has 6 heteroatoms. The first-order chi connectivity index (χ1) is 10.0. The quantitative estimate of drug-likeness (QED) is 0.912. The first-order valence-electron chi connectivity index (χ1n) is 7.03. The van der Waals surface area contributed by atoms with Crippen molar-refractivity contribution in [1.82, 2.24) is 15.2 Å². The van der Waals surface area contributed by atoms with Crippen molar-refractivity contribution in [2.75, 3.05) is 23.3 Å². The van der Waals surface area contributed by atoms with Gasteiger partial charge in [-0.1, -0.05) is 17.7 Å². The average Bonchev–Trinajstić information content (AvgIpc) is 2.45. The normalized spacial score (nSPS) is 10.5. The van der Waals surface area contributed by atoms with Crippen molar-refractivity contribution in [1.29, 1.82) is 0 Å². The van der Waals surface area contributed by atoms with Gasteiger partial charge in [-0.25, -0.2) is 0 Å². The molecule has 0 atom stereocenters. The minimum atomic E-state index is 0.452. The summed E-state index contributed by atoms with van der Waals surface area (Å²) in [4.78, 5) is 6.61. The van der Waals surface area contributed by atoms with Crippen LogP contribution in [0.5, 0.6) is 0 Å². The lowest BCUT2D eigenvalue weighted by atomic mass is 10.1. The van der Waals surface area contributed by atoms with Gasteiger partial charge in [-0.15, -0.1) is 5.10 Å². The third-order valence-electron chi connectivity index (χ3n) is 3.30. The highest BCUT2D eigenvalue weighted by Crippen LogP contribution is 2.29. The largest absolute Gasteiger partial charge is 0.356 e. The molecule has 2 aromatic rings. The maximum atomic E-state index is 6.29. The molecule has 5 nitrogen and oxygen atoms in total. The molecule has 0 saturated carbocycles. The Balaban J connectivity index is 2.30. The molecule has 0 saturated heterocycles. The maximum absolute atomic E-state index is 6.29. The molecule has 1 aromatic carbocycles. The van der Waals surface area contributed by atoms with Crippen molar-refractivity contribution >= 4 is 29.1 Å². The molecule has 21 heavy (non-hydrogen) atoms. The first-order valence-corrected chi connectivity index (χ1v) is 7.41. The van der Waals surface area contributed by atoms with Gasteiger partial charge in [0.1, 0.15) is 0 Å². The number of benzene rings is 1. The van der Waals surface area contributed by atoms with Crippen molar-refractivity contribution < 1.29 is 0 Å². The van der Waals surface area contributed by atoms with Crippen LogP contribution >= 0.6 is 11.6 Å². The predicted molar refractivity (Wildman–Crippen MR) is 87.6 cm³/mol. The molecule has 0 aliphatic heterocycles. The molecule has 0 aliphatic carbocycles. The van der Waals surface area contributed by atoms with E-state index in [1.807, 2.05) is 19.9 Å². The van der Waals surface area contributed by atoms with Crippen molar-refractivity contribution in [2.24, 2.45) is 0 Å². The predicted octanol–water partition coefficient (Wildman–Crippen LogP) is 3.73. The van der Waals surface area contributed by atoms with Crippen molar-refractivity contribution in [3.8, 4) is 0 Å². The molecule has 0 bridgehead atoms. The smallest absolute Gasteiger partial charge is 0.249 e. The average molecular weight is 306 g/mol. The van der Waals surface area contributed by atoms with Crippen LogP contribution in [0.4, 0.5) is 17.5 Å².